The molecule has 2 rings (SSSR count). The second-order valence-corrected chi connectivity index (χ2v) is 5.42. The van der Waals surface area contributed by atoms with Crippen molar-refractivity contribution in [2.24, 2.45) is 0 Å². The summed E-state index contributed by atoms with van der Waals surface area (Å²) in [7, 11) is 1.80. The molecule has 116 valence electrons. The molecular weight excluding hydrogens is 264 g/mol. The van der Waals surface area contributed by atoms with Crippen molar-refractivity contribution in [1.29, 1.82) is 5.41 Å². The van der Waals surface area contributed by atoms with Gasteiger partial charge in [-0.05, 0) is 38.9 Å². The Bertz CT molecular complexity index is 440. The molecule has 0 bridgehead atoms. The van der Waals surface area contributed by atoms with E-state index in [2.05, 4.69) is 25.5 Å². The molecule has 21 heavy (non-hydrogen) atoms. The Kier molecular flexibility index (Phi) is 6.40. The number of likely N-dealkylation sites (tertiary alicyclic amines) is 1. The third kappa shape index (κ3) is 4.67. The molecule has 3 N–H and O–H groups in total. The van der Waals surface area contributed by atoms with Crippen LogP contribution in [0.3, 0.4) is 0 Å². The van der Waals surface area contributed by atoms with Crippen LogP contribution >= 0.6 is 0 Å². The molecule has 6 heteroatoms. The van der Waals surface area contributed by atoms with Gasteiger partial charge in [0, 0.05) is 19.8 Å². The van der Waals surface area contributed by atoms with Crippen molar-refractivity contribution in [2.75, 3.05) is 43.9 Å². The molecule has 1 aliphatic heterocycles. The topological polar surface area (TPSA) is 76.9 Å². The Labute approximate surface area is 126 Å². The van der Waals surface area contributed by atoms with Gasteiger partial charge in [0.05, 0.1) is 5.56 Å². The first-order valence-electron chi connectivity index (χ1n) is 7.84. The van der Waals surface area contributed by atoms with E-state index in [1.807, 2.05) is 0 Å². The number of aromatic nitrogens is 2. The summed E-state index contributed by atoms with van der Waals surface area (Å²) >= 11 is 0. The van der Waals surface area contributed by atoms with Gasteiger partial charge in [0.15, 0.2) is 0 Å². The molecule has 6 nitrogen and oxygen atoms in total. The molecule has 0 spiro atoms. The lowest BCUT2D eigenvalue weighted by atomic mass is 10.2. The van der Waals surface area contributed by atoms with E-state index in [0.29, 0.717) is 5.82 Å². The summed E-state index contributed by atoms with van der Waals surface area (Å²) in [5.41, 5.74) is 0.717. The van der Waals surface area contributed by atoms with Gasteiger partial charge in [0.2, 0.25) is 0 Å². The maximum atomic E-state index is 7.50. The van der Waals surface area contributed by atoms with Gasteiger partial charge in [-0.3, -0.25) is 0 Å². The first-order chi connectivity index (χ1) is 10.3. The highest BCUT2D eigenvalue weighted by Gasteiger charge is 2.09. The van der Waals surface area contributed by atoms with E-state index in [-0.39, 0.29) is 0 Å². The summed E-state index contributed by atoms with van der Waals surface area (Å²) in [6.07, 6.45) is 9.34. The van der Waals surface area contributed by atoms with Crippen molar-refractivity contribution in [3.8, 4) is 0 Å². The predicted octanol–water partition coefficient (Wildman–Crippen LogP) is 2.19. The van der Waals surface area contributed by atoms with Gasteiger partial charge in [0.25, 0.3) is 0 Å². The zero-order chi connectivity index (χ0) is 14.9. The number of nitrogens with one attached hydrogen (secondary N) is 3. The largest absolute Gasteiger partial charge is 0.372 e. The van der Waals surface area contributed by atoms with Gasteiger partial charge >= 0.3 is 0 Å². The zero-order valence-electron chi connectivity index (χ0n) is 12.9. The SMILES string of the molecule is CNc1ncnc(NCCCN2CCCCCC2)c1C=N. The molecule has 1 fully saturated rings. The maximum Gasteiger partial charge on any atom is 0.140 e. The van der Waals surface area contributed by atoms with Crippen LogP contribution in [0.15, 0.2) is 6.33 Å². The molecule has 1 aliphatic rings. The van der Waals surface area contributed by atoms with Crippen LogP contribution in [0.5, 0.6) is 0 Å². The van der Waals surface area contributed by atoms with E-state index in [1.165, 1.54) is 51.3 Å². The number of nitrogens with zero attached hydrogens (tertiary/aromatic N) is 3. The van der Waals surface area contributed by atoms with Crippen LogP contribution in [-0.4, -0.2) is 54.3 Å². The summed E-state index contributed by atoms with van der Waals surface area (Å²) in [6.45, 7) is 4.49. The van der Waals surface area contributed by atoms with E-state index < -0.39 is 0 Å². The normalized spacial score (nSPS) is 16.2. The second kappa shape index (κ2) is 8.56. The molecule has 0 radical (unpaired) electrons. The van der Waals surface area contributed by atoms with Crippen LogP contribution in [0.2, 0.25) is 0 Å². The van der Waals surface area contributed by atoms with Crippen LogP contribution in [0.1, 0.15) is 37.7 Å². The smallest absolute Gasteiger partial charge is 0.140 e. The number of hydrogen-bond donors (Lipinski definition) is 3. The lowest BCUT2D eigenvalue weighted by Crippen LogP contribution is -2.27. The van der Waals surface area contributed by atoms with Crippen LogP contribution < -0.4 is 10.6 Å². The Morgan fingerprint density at radius 2 is 1.90 bits per heavy atom. The average Bonchev–Trinajstić information content (AvgIpc) is 2.79. The van der Waals surface area contributed by atoms with E-state index in [0.717, 1.165) is 30.9 Å². The summed E-state index contributed by atoms with van der Waals surface area (Å²) < 4.78 is 0. The van der Waals surface area contributed by atoms with E-state index in [1.54, 1.807) is 7.05 Å². The molecule has 2 heterocycles. The minimum absolute atomic E-state index is 0.690. The third-order valence-corrected chi connectivity index (χ3v) is 3.91. The predicted molar refractivity (Wildman–Crippen MR) is 87.5 cm³/mol. The van der Waals surface area contributed by atoms with Gasteiger partial charge in [-0.2, -0.15) is 0 Å². The molecule has 0 saturated carbocycles. The van der Waals surface area contributed by atoms with E-state index in [9.17, 15) is 0 Å². The van der Waals surface area contributed by atoms with Crippen molar-refractivity contribution in [1.82, 2.24) is 14.9 Å². The number of rotatable bonds is 7. The fraction of sp³-hybridized carbons (Fsp3) is 0.667. The van der Waals surface area contributed by atoms with Gasteiger partial charge in [-0.25, -0.2) is 9.97 Å². The monoisotopic (exact) mass is 290 g/mol. The lowest BCUT2D eigenvalue weighted by molar-refractivity contribution is 0.284. The molecule has 1 saturated heterocycles. The van der Waals surface area contributed by atoms with Crippen molar-refractivity contribution in [3.63, 3.8) is 0 Å². The molecule has 0 amide bonds. The highest BCUT2D eigenvalue weighted by Crippen LogP contribution is 2.16. The van der Waals surface area contributed by atoms with Gasteiger partial charge in [-0.1, -0.05) is 12.8 Å². The summed E-state index contributed by atoms with van der Waals surface area (Å²) in [6, 6.07) is 0. The lowest BCUT2D eigenvalue weighted by Gasteiger charge is -2.19. The Morgan fingerprint density at radius 3 is 2.57 bits per heavy atom. The van der Waals surface area contributed by atoms with Gasteiger partial charge in [0.1, 0.15) is 18.0 Å². The fourth-order valence-corrected chi connectivity index (χ4v) is 2.74. The summed E-state index contributed by atoms with van der Waals surface area (Å²) in [4.78, 5) is 10.9. The van der Waals surface area contributed by atoms with Crippen LogP contribution in [-0.2, 0) is 0 Å². The minimum atomic E-state index is 0.690. The highest BCUT2D eigenvalue weighted by atomic mass is 15.1. The molecule has 1 aromatic heterocycles. The maximum absolute atomic E-state index is 7.50. The summed E-state index contributed by atoms with van der Waals surface area (Å²) in [5.74, 6) is 1.43. The van der Waals surface area contributed by atoms with Gasteiger partial charge < -0.3 is 20.9 Å². The average molecular weight is 290 g/mol. The number of anilines is 2. The van der Waals surface area contributed by atoms with E-state index >= 15 is 0 Å². The van der Waals surface area contributed by atoms with E-state index in [4.69, 9.17) is 5.41 Å². The zero-order valence-corrected chi connectivity index (χ0v) is 12.9. The molecule has 0 atom stereocenters. The minimum Gasteiger partial charge on any atom is -0.372 e. The Hall–Kier alpha value is -1.69. The van der Waals surface area contributed by atoms with Crippen molar-refractivity contribution in [3.05, 3.63) is 11.9 Å². The Morgan fingerprint density at radius 1 is 1.19 bits per heavy atom. The standard InChI is InChI=1S/C15H26N6/c1-17-14-13(11-16)15(20-12-19-14)18-7-6-10-21-8-4-2-3-5-9-21/h11-12,16H,2-10H2,1H3,(H2,17,18,19,20). The van der Waals surface area contributed by atoms with Crippen molar-refractivity contribution in [2.45, 2.75) is 32.1 Å². The fourth-order valence-electron chi connectivity index (χ4n) is 2.74. The van der Waals surface area contributed by atoms with Gasteiger partial charge in [-0.15, -0.1) is 0 Å². The number of hydrogen-bond acceptors (Lipinski definition) is 6. The summed E-state index contributed by atoms with van der Waals surface area (Å²) in [5, 5.41) is 13.8. The second-order valence-electron chi connectivity index (χ2n) is 5.42. The molecule has 0 unspecified atom stereocenters. The van der Waals surface area contributed by atoms with Crippen molar-refractivity contribution < 1.29 is 0 Å². The molecule has 0 aromatic carbocycles. The molecule has 0 aliphatic carbocycles. The Balaban J connectivity index is 1.79. The van der Waals surface area contributed by atoms with Crippen LogP contribution in [0, 0.1) is 5.41 Å². The first kappa shape index (κ1) is 15.7. The first-order valence-corrected chi connectivity index (χ1v) is 7.84. The molecular formula is C15H26N6. The molecule has 1 aromatic rings. The quantitative estimate of drug-likeness (QED) is 0.530. The highest BCUT2D eigenvalue weighted by molar-refractivity contribution is 5.90. The van der Waals surface area contributed by atoms with Crippen LogP contribution in [0.4, 0.5) is 11.6 Å². The van der Waals surface area contributed by atoms with Crippen molar-refractivity contribution >= 4 is 17.9 Å². The van der Waals surface area contributed by atoms with Crippen LogP contribution in [0.25, 0.3) is 0 Å². The third-order valence-electron chi connectivity index (χ3n) is 3.91.